The van der Waals surface area contributed by atoms with Crippen molar-refractivity contribution in [3.8, 4) is 0 Å². The third-order valence-electron chi connectivity index (χ3n) is 3.47. The number of hydrogen-bond donors (Lipinski definition) is 2. The zero-order chi connectivity index (χ0) is 14.0. The Morgan fingerprint density at radius 1 is 1.63 bits per heavy atom. The second kappa shape index (κ2) is 5.54. The van der Waals surface area contributed by atoms with Crippen LogP contribution in [0.1, 0.15) is 24.6 Å². The third-order valence-corrected chi connectivity index (χ3v) is 3.47. The number of aromatic amines is 1. The fourth-order valence-corrected chi connectivity index (χ4v) is 2.41. The van der Waals surface area contributed by atoms with Gasteiger partial charge in [-0.15, -0.1) is 6.58 Å². The van der Waals surface area contributed by atoms with Gasteiger partial charge in [-0.25, -0.2) is 4.79 Å². The van der Waals surface area contributed by atoms with Crippen molar-refractivity contribution in [1.82, 2.24) is 9.55 Å². The van der Waals surface area contributed by atoms with Gasteiger partial charge in [0.1, 0.15) is 6.23 Å². The number of H-pyrrole nitrogens is 1. The van der Waals surface area contributed by atoms with Gasteiger partial charge in [-0.05, 0) is 25.7 Å². The van der Waals surface area contributed by atoms with Crippen LogP contribution in [0.3, 0.4) is 0 Å². The number of aliphatic hydroxyl groups is 1. The molecule has 1 fully saturated rings. The van der Waals surface area contributed by atoms with Crippen molar-refractivity contribution in [1.29, 1.82) is 0 Å². The van der Waals surface area contributed by atoms with Gasteiger partial charge in [0.25, 0.3) is 5.56 Å². The van der Waals surface area contributed by atoms with E-state index in [1.54, 1.807) is 13.0 Å². The monoisotopic (exact) mass is 266 g/mol. The van der Waals surface area contributed by atoms with Gasteiger partial charge >= 0.3 is 5.69 Å². The number of rotatable bonds is 4. The molecule has 6 nitrogen and oxygen atoms in total. The topological polar surface area (TPSA) is 84.3 Å². The van der Waals surface area contributed by atoms with Gasteiger partial charge in [-0.3, -0.25) is 14.3 Å². The molecule has 1 aliphatic heterocycles. The molecule has 3 atom stereocenters. The van der Waals surface area contributed by atoms with Crippen molar-refractivity contribution in [2.45, 2.75) is 32.1 Å². The van der Waals surface area contributed by atoms with Gasteiger partial charge < -0.3 is 9.84 Å². The van der Waals surface area contributed by atoms with Crippen LogP contribution in [0.15, 0.2) is 28.4 Å². The maximum absolute atomic E-state index is 11.8. The van der Waals surface area contributed by atoms with Crippen molar-refractivity contribution in [2.75, 3.05) is 6.61 Å². The van der Waals surface area contributed by atoms with Crippen LogP contribution in [0.2, 0.25) is 0 Å². The van der Waals surface area contributed by atoms with E-state index in [1.807, 2.05) is 0 Å². The first kappa shape index (κ1) is 13.8. The average Bonchev–Trinajstić information content (AvgIpc) is 2.77. The van der Waals surface area contributed by atoms with Crippen LogP contribution in [0.25, 0.3) is 0 Å². The van der Waals surface area contributed by atoms with E-state index in [2.05, 4.69) is 11.6 Å². The first-order valence-electron chi connectivity index (χ1n) is 6.26. The molecule has 0 aromatic carbocycles. The molecule has 0 spiro atoms. The van der Waals surface area contributed by atoms with E-state index in [9.17, 15) is 14.7 Å². The lowest BCUT2D eigenvalue weighted by Gasteiger charge is -2.15. The van der Waals surface area contributed by atoms with Crippen LogP contribution in [-0.4, -0.2) is 27.4 Å². The van der Waals surface area contributed by atoms with Crippen LogP contribution < -0.4 is 11.2 Å². The van der Waals surface area contributed by atoms with Crippen LogP contribution in [-0.2, 0) is 4.74 Å². The molecule has 1 aromatic rings. The number of ether oxygens (including phenoxy) is 1. The highest BCUT2D eigenvalue weighted by Crippen LogP contribution is 2.34. The normalized spacial score (nSPS) is 26.5. The Hall–Kier alpha value is -1.66. The first-order chi connectivity index (χ1) is 9.06. The summed E-state index contributed by atoms with van der Waals surface area (Å²) in [4.78, 5) is 25.4. The number of aromatic nitrogens is 2. The van der Waals surface area contributed by atoms with Crippen LogP contribution in [0.5, 0.6) is 0 Å². The van der Waals surface area contributed by atoms with E-state index in [4.69, 9.17) is 4.74 Å². The zero-order valence-corrected chi connectivity index (χ0v) is 10.8. The summed E-state index contributed by atoms with van der Waals surface area (Å²) in [6, 6.07) is 0. The van der Waals surface area contributed by atoms with Gasteiger partial charge in [0.15, 0.2) is 0 Å². The smallest absolute Gasteiger partial charge is 0.330 e. The molecule has 0 saturated carbocycles. The number of nitrogens with one attached hydrogen (secondary N) is 1. The minimum atomic E-state index is -0.489. The van der Waals surface area contributed by atoms with E-state index < -0.39 is 11.9 Å². The quantitative estimate of drug-likeness (QED) is 0.769. The van der Waals surface area contributed by atoms with Crippen molar-refractivity contribution in [3.63, 3.8) is 0 Å². The van der Waals surface area contributed by atoms with Crippen molar-refractivity contribution >= 4 is 0 Å². The van der Waals surface area contributed by atoms with Crippen molar-refractivity contribution in [2.24, 2.45) is 5.92 Å². The lowest BCUT2D eigenvalue weighted by atomic mass is 9.97. The Bertz CT molecular complexity index is 575. The molecule has 2 rings (SSSR count). The largest absolute Gasteiger partial charge is 0.394 e. The van der Waals surface area contributed by atoms with Gasteiger partial charge in [0.2, 0.25) is 0 Å². The summed E-state index contributed by atoms with van der Waals surface area (Å²) < 4.78 is 7.06. The van der Waals surface area contributed by atoms with E-state index >= 15 is 0 Å². The lowest BCUT2D eigenvalue weighted by molar-refractivity contribution is -0.0324. The van der Waals surface area contributed by atoms with E-state index in [0.29, 0.717) is 12.0 Å². The molecule has 0 radical (unpaired) electrons. The molecule has 1 saturated heterocycles. The Kier molecular flexibility index (Phi) is 4.01. The summed E-state index contributed by atoms with van der Waals surface area (Å²) in [5, 5.41) is 9.29. The molecule has 0 aliphatic carbocycles. The van der Waals surface area contributed by atoms with Gasteiger partial charge in [0.05, 0.1) is 12.7 Å². The van der Waals surface area contributed by atoms with E-state index in [1.165, 1.54) is 10.8 Å². The summed E-state index contributed by atoms with van der Waals surface area (Å²) in [5.74, 6) is 0.131. The predicted octanol–water partition coefficient (Wildman–Crippen LogP) is 0.317. The standard InChI is InChI=1S/C13H18N2O4/c1-3-4-9-5-11(19-10(9)7-16)15-6-8(2)12(17)14-13(15)18/h3,6,9-11,16H,1,4-5,7H2,2H3,(H,14,17,18)/t9?,10-,11-/m1/s1. The molecule has 19 heavy (non-hydrogen) atoms. The molecule has 0 bridgehead atoms. The van der Waals surface area contributed by atoms with Crippen LogP contribution in [0, 0.1) is 12.8 Å². The van der Waals surface area contributed by atoms with Crippen LogP contribution in [0.4, 0.5) is 0 Å². The van der Waals surface area contributed by atoms with Gasteiger partial charge in [0, 0.05) is 11.8 Å². The predicted molar refractivity (Wildman–Crippen MR) is 70.0 cm³/mol. The Balaban J connectivity index is 2.29. The zero-order valence-electron chi connectivity index (χ0n) is 10.8. The lowest BCUT2D eigenvalue weighted by Crippen LogP contribution is -2.33. The molecule has 1 unspecified atom stereocenters. The van der Waals surface area contributed by atoms with Gasteiger partial charge in [-0.1, -0.05) is 6.08 Å². The molecule has 1 aromatic heterocycles. The third kappa shape index (κ3) is 2.69. The summed E-state index contributed by atoms with van der Waals surface area (Å²) >= 11 is 0. The highest BCUT2D eigenvalue weighted by molar-refractivity contribution is 5.02. The molecule has 2 N–H and O–H groups in total. The summed E-state index contributed by atoms with van der Waals surface area (Å²) in [5.41, 5.74) is -0.423. The highest BCUT2D eigenvalue weighted by atomic mass is 16.5. The van der Waals surface area contributed by atoms with Crippen molar-refractivity contribution < 1.29 is 9.84 Å². The van der Waals surface area contributed by atoms with E-state index in [0.717, 1.165) is 6.42 Å². The Labute approximate surface area is 110 Å². The number of aryl methyl sites for hydroxylation is 1. The molecule has 104 valence electrons. The molecule has 6 heteroatoms. The summed E-state index contributed by atoms with van der Waals surface area (Å²) in [7, 11) is 0. The Morgan fingerprint density at radius 3 is 3.00 bits per heavy atom. The minimum absolute atomic E-state index is 0.0912. The number of allylic oxidation sites excluding steroid dienone is 1. The SMILES string of the molecule is C=CCC1C[C@H](n2cc(C)c(=O)[nH]c2=O)O[C@@H]1CO. The fraction of sp³-hybridized carbons (Fsp3) is 0.538. The maximum atomic E-state index is 11.8. The Morgan fingerprint density at radius 2 is 2.37 bits per heavy atom. The molecule has 1 aliphatic rings. The summed E-state index contributed by atoms with van der Waals surface area (Å²) in [6.07, 6.45) is 3.85. The van der Waals surface area contributed by atoms with Crippen LogP contribution >= 0.6 is 0 Å². The summed E-state index contributed by atoms with van der Waals surface area (Å²) in [6.45, 7) is 5.22. The second-order valence-electron chi connectivity index (χ2n) is 4.81. The number of hydrogen-bond acceptors (Lipinski definition) is 4. The highest BCUT2D eigenvalue weighted by Gasteiger charge is 2.35. The number of aliphatic hydroxyl groups excluding tert-OH is 1. The van der Waals surface area contributed by atoms with E-state index in [-0.39, 0.29) is 24.2 Å². The molecular formula is C13H18N2O4. The average molecular weight is 266 g/mol. The fourth-order valence-electron chi connectivity index (χ4n) is 2.41. The molecule has 0 amide bonds. The minimum Gasteiger partial charge on any atom is -0.394 e. The molecule has 2 heterocycles. The first-order valence-corrected chi connectivity index (χ1v) is 6.26. The molecular weight excluding hydrogens is 248 g/mol. The number of nitrogens with zero attached hydrogens (tertiary/aromatic N) is 1. The van der Waals surface area contributed by atoms with Gasteiger partial charge in [-0.2, -0.15) is 0 Å². The van der Waals surface area contributed by atoms with Crippen molar-refractivity contribution in [3.05, 3.63) is 45.3 Å². The maximum Gasteiger partial charge on any atom is 0.330 e. The second-order valence-corrected chi connectivity index (χ2v) is 4.81.